The summed E-state index contributed by atoms with van der Waals surface area (Å²) in [6.45, 7) is 0.859. The van der Waals surface area contributed by atoms with Gasteiger partial charge in [-0.2, -0.15) is 0 Å². The highest BCUT2D eigenvalue weighted by Gasteiger charge is 2.18. The van der Waals surface area contributed by atoms with Crippen LogP contribution in [0.25, 0.3) is 0 Å². The molecule has 0 aromatic heterocycles. The Bertz CT molecular complexity index is 383. The van der Waals surface area contributed by atoms with Gasteiger partial charge in [-0.3, -0.25) is 0 Å². The molecule has 1 unspecified atom stereocenters. The Morgan fingerprint density at radius 1 is 1.28 bits per heavy atom. The zero-order valence-electron chi connectivity index (χ0n) is 9.93. The molecule has 1 aliphatic heterocycles. The third-order valence-corrected chi connectivity index (χ3v) is 3.21. The van der Waals surface area contributed by atoms with Crippen molar-refractivity contribution in [3.05, 3.63) is 29.3 Å². The maximum atomic E-state index is 13.6. The quantitative estimate of drug-likeness (QED) is 0.782. The molecule has 0 bridgehead atoms. The molecule has 1 atom stereocenters. The minimum absolute atomic E-state index is 0.0693. The van der Waals surface area contributed by atoms with Crippen LogP contribution in [0.3, 0.4) is 0 Å². The smallest absolute Gasteiger partial charge is 0.190 e. The molecule has 1 aromatic rings. The lowest BCUT2D eigenvalue weighted by molar-refractivity contribution is -0.0124. The van der Waals surface area contributed by atoms with Crippen LogP contribution in [-0.4, -0.2) is 19.3 Å². The van der Waals surface area contributed by atoms with Gasteiger partial charge in [-0.05, 0) is 37.0 Å². The van der Waals surface area contributed by atoms with Crippen LogP contribution in [0.5, 0.6) is 5.75 Å². The van der Waals surface area contributed by atoms with Crippen molar-refractivity contribution in [2.24, 2.45) is 0 Å². The summed E-state index contributed by atoms with van der Waals surface area (Å²) in [6, 6.07) is 2.38. The topological polar surface area (TPSA) is 18.5 Å². The Balaban J connectivity index is 2.00. The van der Waals surface area contributed by atoms with Gasteiger partial charge in [0.15, 0.2) is 17.4 Å². The summed E-state index contributed by atoms with van der Waals surface area (Å²) < 4.78 is 37.8. The van der Waals surface area contributed by atoms with E-state index < -0.39 is 11.6 Å². The van der Waals surface area contributed by atoms with Gasteiger partial charge in [-0.25, -0.2) is 8.78 Å². The van der Waals surface area contributed by atoms with Crippen LogP contribution in [0.15, 0.2) is 12.1 Å². The lowest BCUT2D eigenvalue weighted by Gasteiger charge is -2.22. The predicted octanol–water partition coefficient (Wildman–Crippen LogP) is 3.65. The van der Waals surface area contributed by atoms with Gasteiger partial charge in [0.1, 0.15) is 6.61 Å². The summed E-state index contributed by atoms with van der Waals surface area (Å²) in [5.41, 5.74) is 0.396. The lowest BCUT2D eigenvalue weighted by atomic mass is 10.1. The van der Waals surface area contributed by atoms with Crippen LogP contribution in [0.1, 0.15) is 24.8 Å². The third-order valence-electron chi connectivity index (χ3n) is 2.90. The van der Waals surface area contributed by atoms with Crippen molar-refractivity contribution in [2.45, 2.75) is 31.2 Å². The van der Waals surface area contributed by atoms with Gasteiger partial charge < -0.3 is 9.47 Å². The first kappa shape index (κ1) is 13.6. The summed E-state index contributed by atoms with van der Waals surface area (Å²) in [5.74, 6) is -1.72. The summed E-state index contributed by atoms with van der Waals surface area (Å²) in [7, 11) is 0. The first-order chi connectivity index (χ1) is 8.70. The highest BCUT2D eigenvalue weighted by Crippen LogP contribution is 2.25. The number of ether oxygens (including phenoxy) is 2. The molecule has 18 heavy (non-hydrogen) atoms. The number of alkyl halides is 1. The molecule has 0 amide bonds. The van der Waals surface area contributed by atoms with Gasteiger partial charge in [0.05, 0.1) is 6.10 Å². The van der Waals surface area contributed by atoms with Gasteiger partial charge in [0, 0.05) is 12.5 Å². The minimum Gasteiger partial charge on any atom is -0.485 e. The normalized spacial score (nSPS) is 19.8. The monoisotopic (exact) mass is 276 g/mol. The van der Waals surface area contributed by atoms with E-state index in [1.807, 2.05) is 0 Å². The highest BCUT2D eigenvalue weighted by molar-refractivity contribution is 6.17. The Hall–Kier alpha value is -0.870. The second-order valence-corrected chi connectivity index (χ2v) is 4.59. The SMILES string of the molecule is Fc1cc(CCl)cc(F)c1OCC1CCCCO1. The van der Waals surface area contributed by atoms with Crippen molar-refractivity contribution < 1.29 is 18.3 Å². The van der Waals surface area contributed by atoms with Crippen molar-refractivity contribution in [1.29, 1.82) is 0 Å². The maximum absolute atomic E-state index is 13.6. The van der Waals surface area contributed by atoms with Crippen LogP contribution in [0.4, 0.5) is 8.78 Å². The van der Waals surface area contributed by atoms with Crippen molar-refractivity contribution in [3.63, 3.8) is 0 Å². The summed E-state index contributed by atoms with van der Waals surface area (Å²) in [5, 5.41) is 0. The van der Waals surface area contributed by atoms with Crippen LogP contribution in [0, 0.1) is 11.6 Å². The van der Waals surface area contributed by atoms with Crippen molar-refractivity contribution in [2.75, 3.05) is 13.2 Å². The fourth-order valence-corrected chi connectivity index (χ4v) is 2.10. The van der Waals surface area contributed by atoms with E-state index in [1.165, 1.54) is 12.1 Å². The molecular formula is C13H15ClF2O2. The van der Waals surface area contributed by atoms with E-state index >= 15 is 0 Å². The summed E-state index contributed by atoms with van der Waals surface area (Å²) in [6.07, 6.45) is 2.88. The van der Waals surface area contributed by atoms with E-state index in [1.54, 1.807) is 0 Å². The maximum Gasteiger partial charge on any atom is 0.190 e. The average Bonchev–Trinajstić information content (AvgIpc) is 2.38. The molecule has 0 N–H and O–H groups in total. The van der Waals surface area contributed by atoms with E-state index in [9.17, 15) is 8.78 Å². The van der Waals surface area contributed by atoms with Crippen LogP contribution >= 0.6 is 11.6 Å². The number of halogens is 3. The molecule has 2 rings (SSSR count). The molecule has 0 saturated carbocycles. The molecule has 1 aromatic carbocycles. The van der Waals surface area contributed by atoms with Gasteiger partial charge in [0.2, 0.25) is 0 Å². The fourth-order valence-electron chi connectivity index (χ4n) is 1.94. The first-order valence-electron chi connectivity index (χ1n) is 5.99. The zero-order valence-corrected chi connectivity index (χ0v) is 10.7. The van der Waals surface area contributed by atoms with E-state index in [4.69, 9.17) is 21.1 Å². The van der Waals surface area contributed by atoms with Gasteiger partial charge >= 0.3 is 0 Å². The Labute approximate surface area is 110 Å². The Kier molecular flexibility index (Phi) is 4.78. The van der Waals surface area contributed by atoms with Crippen LogP contribution in [-0.2, 0) is 10.6 Å². The molecule has 1 aliphatic rings. The van der Waals surface area contributed by atoms with Crippen molar-refractivity contribution in [3.8, 4) is 5.75 Å². The number of hydrogen-bond donors (Lipinski definition) is 0. The number of benzene rings is 1. The van der Waals surface area contributed by atoms with Gasteiger partial charge in [-0.1, -0.05) is 0 Å². The number of hydrogen-bond acceptors (Lipinski definition) is 2. The van der Waals surface area contributed by atoms with E-state index in [2.05, 4.69) is 0 Å². The van der Waals surface area contributed by atoms with Gasteiger partial charge in [-0.15, -0.1) is 11.6 Å². The Morgan fingerprint density at radius 3 is 2.56 bits per heavy atom. The first-order valence-corrected chi connectivity index (χ1v) is 6.52. The van der Waals surface area contributed by atoms with E-state index in [0.717, 1.165) is 19.3 Å². The molecule has 0 aliphatic carbocycles. The molecule has 2 nitrogen and oxygen atoms in total. The van der Waals surface area contributed by atoms with Gasteiger partial charge in [0.25, 0.3) is 0 Å². The highest BCUT2D eigenvalue weighted by atomic mass is 35.5. The second-order valence-electron chi connectivity index (χ2n) is 4.32. The lowest BCUT2D eigenvalue weighted by Crippen LogP contribution is -2.26. The van der Waals surface area contributed by atoms with E-state index in [0.29, 0.717) is 12.2 Å². The predicted molar refractivity (Wildman–Crippen MR) is 65.0 cm³/mol. The molecule has 1 heterocycles. The standard InChI is InChI=1S/C13H15ClF2O2/c14-7-9-5-11(15)13(12(16)6-9)18-8-10-3-1-2-4-17-10/h5-6,10H,1-4,7-8H2. The Morgan fingerprint density at radius 2 is 2.00 bits per heavy atom. The van der Waals surface area contributed by atoms with Crippen molar-refractivity contribution >= 4 is 11.6 Å². The van der Waals surface area contributed by atoms with Crippen molar-refractivity contribution in [1.82, 2.24) is 0 Å². The molecule has 1 fully saturated rings. The largest absolute Gasteiger partial charge is 0.485 e. The second kappa shape index (κ2) is 6.34. The third kappa shape index (κ3) is 3.33. The molecule has 0 spiro atoms. The zero-order chi connectivity index (χ0) is 13.0. The molecule has 100 valence electrons. The van der Waals surface area contributed by atoms with E-state index in [-0.39, 0.29) is 24.3 Å². The molecular weight excluding hydrogens is 262 g/mol. The minimum atomic E-state index is -0.721. The average molecular weight is 277 g/mol. The summed E-state index contributed by atoms with van der Waals surface area (Å²) >= 11 is 5.53. The fraction of sp³-hybridized carbons (Fsp3) is 0.538. The van der Waals surface area contributed by atoms with Crippen LogP contribution in [0.2, 0.25) is 0 Å². The van der Waals surface area contributed by atoms with Crippen LogP contribution < -0.4 is 4.74 Å². The summed E-state index contributed by atoms with van der Waals surface area (Å²) in [4.78, 5) is 0. The molecule has 0 radical (unpaired) electrons. The number of rotatable bonds is 4. The molecule has 5 heteroatoms. The molecule has 1 saturated heterocycles.